The van der Waals surface area contributed by atoms with Crippen LogP contribution in [0.25, 0.3) is 0 Å². The first kappa shape index (κ1) is 35.2. The van der Waals surface area contributed by atoms with Gasteiger partial charge in [-0.1, -0.05) is 101 Å². The normalized spacial score (nSPS) is 20.3. The molecule has 280 valence electrons. The van der Waals surface area contributed by atoms with Crippen molar-refractivity contribution >= 4 is 68.6 Å². The van der Waals surface area contributed by atoms with Gasteiger partial charge >= 0.3 is 0 Å². The predicted molar refractivity (Wildman–Crippen MR) is 241 cm³/mol. The third-order valence-electron chi connectivity index (χ3n) is 14.1. The van der Waals surface area contributed by atoms with Gasteiger partial charge in [0.1, 0.15) is 0 Å². The van der Waals surface area contributed by atoms with Gasteiger partial charge in [0.25, 0.3) is 6.71 Å². The summed E-state index contributed by atoms with van der Waals surface area (Å²) in [7, 11) is 0. The third kappa shape index (κ3) is 4.97. The highest BCUT2D eigenvalue weighted by molar-refractivity contribution is 7.00. The molecule has 4 heteroatoms. The summed E-state index contributed by atoms with van der Waals surface area (Å²) in [6, 6.07) is 44.7. The highest BCUT2D eigenvalue weighted by atomic mass is 15.3. The van der Waals surface area contributed by atoms with E-state index >= 15 is 0 Å². The molecule has 0 radical (unpaired) electrons. The lowest BCUT2D eigenvalue weighted by Crippen LogP contribution is -2.64. The molecule has 6 aromatic carbocycles. The van der Waals surface area contributed by atoms with Crippen LogP contribution in [0.5, 0.6) is 0 Å². The van der Waals surface area contributed by atoms with Crippen LogP contribution in [-0.2, 0) is 10.8 Å². The maximum absolute atomic E-state index is 2.88. The summed E-state index contributed by atoms with van der Waals surface area (Å²) >= 11 is 0. The summed E-state index contributed by atoms with van der Waals surface area (Å²) in [6.07, 6.45) is 4.90. The summed E-state index contributed by atoms with van der Waals surface area (Å²) in [5.41, 5.74) is 22.5. The zero-order valence-corrected chi connectivity index (χ0v) is 34.7. The molecule has 0 saturated heterocycles. The molecule has 6 aromatic rings. The maximum atomic E-state index is 2.88. The molecule has 3 heterocycles. The van der Waals surface area contributed by atoms with Crippen molar-refractivity contribution in [1.82, 2.24) is 0 Å². The molecular weight excluding hydrogens is 677 g/mol. The first-order valence-electron chi connectivity index (χ1n) is 20.8. The van der Waals surface area contributed by atoms with E-state index in [2.05, 4.69) is 192 Å². The zero-order valence-electron chi connectivity index (χ0n) is 34.7. The van der Waals surface area contributed by atoms with Crippen LogP contribution in [0.4, 0.5) is 45.5 Å². The van der Waals surface area contributed by atoms with E-state index in [4.69, 9.17) is 0 Å². The molecule has 1 fully saturated rings. The molecule has 56 heavy (non-hydrogen) atoms. The molecule has 2 atom stereocenters. The Morgan fingerprint density at radius 2 is 1.21 bits per heavy atom. The minimum atomic E-state index is -0.0740. The first-order valence-corrected chi connectivity index (χ1v) is 20.8. The number of aryl methyl sites for hydroxylation is 4. The van der Waals surface area contributed by atoms with Gasteiger partial charge in [-0.2, -0.15) is 0 Å². The number of fused-ring (bicyclic) bond motifs is 7. The molecule has 0 spiro atoms. The van der Waals surface area contributed by atoms with Crippen LogP contribution in [0, 0.1) is 27.7 Å². The lowest BCUT2D eigenvalue weighted by atomic mass is 9.33. The van der Waals surface area contributed by atoms with E-state index in [1.54, 1.807) is 5.56 Å². The predicted octanol–water partition coefficient (Wildman–Crippen LogP) is 12.0. The van der Waals surface area contributed by atoms with E-state index in [1.807, 2.05) is 0 Å². The molecule has 4 aliphatic rings. The molecule has 1 saturated carbocycles. The minimum absolute atomic E-state index is 0.0199. The van der Waals surface area contributed by atoms with Crippen molar-refractivity contribution in [1.29, 1.82) is 0 Å². The monoisotopic (exact) mass is 731 g/mol. The highest BCUT2D eigenvalue weighted by Gasteiger charge is 2.61. The maximum Gasteiger partial charge on any atom is 0.252 e. The average Bonchev–Trinajstić information content (AvgIpc) is 3.36. The van der Waals surface area contributed by atoms with Crippen molar-refractivity contribution in [2.45, 2.75) is 104 Å². The quantitative estimate of drug-likeness (QED) is 0.167. The third-order valence-corrected chi connectivity index (χ3v) is 14.1. The van der Waals surface area contributed by atoms with Crippen LogP contribution in [0.3, 0.4) is 0 Å². The molecule has 1 aliphatic carbocycles. The van der Waals surface area contributed by atoms with Crippen molar-refractivity contribution in [3.05, 3.63) is 149 Å². The van der Waals surface area contributed by atoms with Crippen LogP contribution in [0.1, 0.15) is 93.7 Å². The zero-order chi connectivity index (χ0) is 38.9. The number of nitrogens with zero attached hydrogens (tertiary/aromatic N) is 3. The van der Waals surface area contributed by atoms with Crippen molar-refractivity contribution in [3.63, 3.8) is 0 Å². The van der Waals surface area contributed by atoms with Gasteiger partial charge in [0, 0.05) is 45.2 Å². The van der Waals surface area contributed by atoms with Gasteiger partial charge < -0.3 is 14.7 Å². The van der Waals surface area contributed by atoms with Gasteiger partial charge in [0.05, 0.1) is 11.2 Å². The van der Waals surface area contributed by atoms with Gasteiger partial charge in [-0.25, -0.2) is 0 Å². The van der Waals surface area contributed by atoms with E-state index in [0.29, 0.717) is 0 Å². The van der Waals surface area contributed by atoms with Crippen LogP contribution in [0.15, 0.2) is 115 Å². The molecule has 0 aromatic heterocycles. The Balaban J connectivity index is 1.37. The van der Waals surface area contributed by atoms with E-state index in [-0.39, 0.29) is 23.1 Å². The Kier molecular flexibility index (Phi) is 7.64. The molecule has 2 unspecified atom stereocenters. The van der Waals surface area contributed by atoms with Gasteiger partial charge in [0.15, 0.2) is 0 Å². The Hall–Kier alpha value is -5.22. The van der Waals surface area contributed by atoms with E-state index in [9.17, 15) is 0 Å². The van der Waals surface area contributed by atoms with E-state index in [1.165, 1.54) is 115 Å². The summed E-state index contributed by atoms with van der Waals surface area (Å²) in [5, 5.41) is 0. The highest BCUT2D eigenvalue weighted by Crippen LogP contribution is 2.62. The molecule has 0 N–H and O–H groups in total. The van der Waals surface area contributed by atoms with Crippen molar-refractivity contribution in [3.8, 4) is 0 Å². The molecule has 0 bridgehead atoms. The SMILES string of the molecule is Cc1cccc(N(c2cccc(C)c2)c2cc3c4c(c2)N2c5c(cc(C(C)(C)C)cc5C5(C)CCCCC25C)B4c2ccc(C)cc2N3c2cccc(C)c2)c1. The van der Waals surface area contributed by atoms with Crippen LogP contribution in [-0.4, -0.2) is 12.3 Å². The second-order valence-corrected chi connectivity index (χ2v) is 18.9. The van der Waals surface area contributed by atoms with Gasteiger partial charge in [-0.05, 0) is 157 Å². The van der Waals surface area contributed by atoms with Crippen molar-refractivity contribution in [2.75, 3.05) is 14.7 Å². The Labute approximate surface area is 335 Å². The average molecular weight is 732 g/mol. The molecular formula is C52H54BN3. The van der Waals surface area contributed by atoms with Crippen LogP contribution in [0.2, 0.25) is 0 Å². The largest absolute Gasteiger partial charge is 0.335 e. The Bertz CT molecular complexity index is 2550. The number of hydrogen-bond acceptors (Lipinski definition) is 3. The Morgan fingerprint density at radius 3 is 1.88 bits per heavy atom. The molecule has 3 aliphatic heterocycles. The van der Waals surface area contributed by atoms with Crippen molar-refractivity contribution in [2.24, 2.45) is 0 Å². The van der Waals surface area contributed by atoms with Gasteiger partial charge in [-0.15, -0.1) is 0 Å². The fourth-order valence-electron chi connectivity index (χ4n) is 11.0. The van der Waals surface area contributed by atoms with Crippen molar-refractivity contribution < 1.29 is 0 Å². The molecule has 10 rings (SSSR count). The van der Waals surface area contributed by atoms with E-state index < -0.39 is 0 Å². The topological polar surface area (TPSA) is 9.72 Å². The number of benzene rings is 6. The standard InChI is InChI=1S/C52H54BN3/c1-33-15-12-18-38(25-33)54(39-19-13-16-34(2)26-39)41-31-46-48-47(32-41)56-49-42(51(8)23-10-11-24-52(51,56)9)29-37(50(5,6)7)30-44(49)53(48)43-22-21-36(4)28-45(43)55(46)40-20-14-17-35(3)27-40/h12-22,25-32H,10-11,23-24H2,1-9H3. The van der Waals surface area contributed by atoms with Crippen LogP contribution >= 0.6 is 0 Å². The summed E-state index contributed by atoms with van der Waals surface area (Å²) < 4.78 is 0. The minimum Gasteiger partial charge on any atom is -0.335 e. The van der Waals surface area contributed by atoms with Gasteiger partial charge in [0.2, 0.25) is 0 Å². The fraction of sp³-hybridized carbons (Fsp3) is 0.308. The van der Waals surface area contributed by atoms with E-state index in [0.717, 1.165) is 0 Å². The van der Waals surface area contributed by atoms with Crippen LogP contribution < -0.4 is 31.1 Å². The lowest BCUT2D eigenvalue weighted by Gasteiger charge is -2.53. The number of anilines is 8. The molecule has 3 nitrogen and oxygen atoms in total. The number of rotatable bonds is 4. The second-order valence-electron chi connectivity index (χ2n) is 18.9. The fourth-order valence-corrected chi connectivity index (χ4v) is 11.0. The Morgan fingerprint density at radius 1 is 0.589 bits per heavy atom. The summed E-state index contributed by atoms with van der Waals surface area (Å²) in [4.78, 5) is 7.97. The summed E-state index contributed by atoms with van der Waals surface area (Å²) in [6.45, 7) is 21.4. The van der Waals surface area contributed by atoms with Gasteiger partial charge in [-0.3, -0.25) is 0 Å². The smallest absolute Gasteiger partial charge is 0.252 e. The summed E-state index contributed by atoms with van der Waals surface area (Å²) in [5.74, 6) is 0. The lowest BCUT2D eigenvalue weighted by molar-refractivity contribution is 0.195. The second kappa shape index (κ2) is 12.1. The molecule has 0 amide bonds. The first-order chi connectivity index (χ1) is 26.8. The number of hydrogen-bond donors (Lipinski definition) is 0.